The first-order valence-electron chi connectivity index (χ1n) is 12.8. The maximum Gasteiger partial charge on any atom is 0.296 e. The van der Waals surface area contributed by atoms with E-state index in [1.807, 2.05) is 48.5 Å². The number of ketones is 1. The number of ether oxygens (including phenoxy) is 1. The number of hydrogen-bond acceptors (Lipinski definition) is 6. The highest BCUT2D eigenvalue weighted by atomic mass is 16.5. The summed E-state index contributed by atoms with van der Waals surface area (Å²) >= 11 is 0. The van der Waals surface area contributed by atoms with Crippen molar-refractivity contribution in [3.8, 4) is 5.75 Å². The molecule has 2 aliphatic rings. The van der Waals surface area contributed by atoms with E-state index in [1.165, 1.54) is 4.90 Å². The summed E-state index contributed by atoms with van der Waals surface area (Å²) in [4.78, 5) is 34.8. The Morgan fingerprint density at radius 3 is 2.57 bits per heavy atom. The molecule has 1 N–H and O–H groups in total. The van der Waals surface area contributed by atoms with Gasteiger partial charge in [-0.2, -0.15) is 0 Å². The van der Waals surface area contributed by atoms with Crippen LogP contribution in [0.25, 0.3) is 5.76 Å². The maximum absolute atomic E-state index is 13.4. The highest BCUT2D eigenvalue weighted by Crippen LogP contribution is 2.41. The lowest BCUT2D eigenvalue weighted by molar-refractivity contribution is -0.140. The number of fused-ring (bicyclic) bond motifs is 1. The summed E-state index contributed by atoms with van der Waals surface area (Å²) in [6.07, 6.45) is 3.39. The second-order valence-corrected chi connectivity index (χ2v) is 9.29. The van der Waals surface area contributed by atoms with Gasteiger partial charge in [0.2, 0.25) is 0 Å². The number of pyridine rings is 1. The van der Waals surface area contributed by atoms with Gasteiger partial charge in [0.15, 0.2) is 0 Å². The first kappa shape index (κ1) is 24.6. The fraction of sp³-hybridized carbons (Fsp3) is 0.300. The number of aliphatic hydroxyl groups is 1. The van der Waals surface area contributed by atoms with E-state index in [-0.39, 0.29) is 17.9 Å². The molecule has 3 aromatic rings. The van der Waals surface area contributed by atoms with Crippen LogP contribution >= 0.6 is 0 Å². The lowest BCUT2D eigenvalue weighted by Gasteiger charge is -2.26. The number of aromatic nitrogens is 1. The van der Waals surface area contributed by atoms with Crippen LogP contribution < -0.4 is 9.64 Å². The van der Waals surface area contributed by atoms with Gasteiger partial charge in [-0.1, -0.05) is 18.2 Å². The molecule has 0 radical (unpaired) electrons. The smallest absolute Gasteiger partial charge is 0.296 e. The molecule has 1 saturated heterocycles. The third kappa shape index (κ3) is 4.69. The van der Waals surface area contributed by atoms with Crippen molar-refractivity contribution in [1.82, 2.24) is 9.88 Å². The number of amides is 1. The first-order chi connectivity index (χ1) is 18.0. The highest BCUT2D eigenvalue weighted by Gasteiger charge is 2.46. The Kier molecular flexibility index (Phi) is 6.95. The molecule has 7 nitrogen and oxygen atoms in total. The molecule has 5 rings (SSSR count). The summed E-state index contributed by atoms with van der Waals surface area (Å²) in [6, 6.07) is 18.0. The number of anilines is 1. The summed E-state index contributed by atoms with van der Waals surface area (Å²) in [5, 5.41) is 11.5. The Morgan fingerprint density at radius 2 is 1.86 bits per heavy atom. The predicted octanol–water partition coefficient (Wildman–Crippen LogP) is 4.87. The third-order valence-corrected chi connectivity index (χ3v) is 7.12. The van der Waals surface area contributed by atoms with Crippen molar-refractivity contribution in [3.63, 3.8) is 0 Å². The van der Waals surface area contributed by atoms with Gasteiger partial charge >= 0.3 is 0 Å². The lowest BCUT2D eigenvalue weighted by Crippen LogP contribution is -2.29. The molecule has 0 spiro atoms. The molecule has 3 heterocycles. The zero-order chi connectivity index (χ0) is 25.9. The molecule has 7 heteroatoms. The summed E-state index contributed by atoms with van der Waals surface area (Å²) in [5.41, 5.74) is 4.07. The molecule has 1 amide bonds. The number of carbonyl (C=O) groups excluding carboxylic acids is 2. The molecule has 1 fully saturated rings. The second-order valence-electron chi connectivity index (χ2n) is 9.29. The zero-order valence-electron chi connectivity index (χ0n) is 21.2. The third-order valence-electron chi connectivity index (χ3n) is 7.12. The Morgan fingerprint density at radius 1 is 1.08 bits per heavy atom. The van der Waals surface area contributed by atoms with Gasteiger partial charge in [-0.3, -0.25) is 14.6 Å². The van der Waals surface area contributed by atoms with E-state index in [1.54, 1.807) is 18.3 Å². The van der Waals surface area contributed by atoms with E-state index in [2.05, 4.69) is 23.7 Å². The van der Waals surface area contributed by atoms with Crippen molar-refractivity contribution in [1.29, 1.82) is 0 Å². The minimum absolute atomic E-state index is 0.0909. The van der Waals surface area contributed by atoms with Crippen molar-refractivity contribution in [2.45, 2.75) is 39.3 Å². The minimum atomic E-state index is -0.736. The summed E-state index contributed by atoms with van der Waals surface area (Å²) in [7, 11) is 0. The lowest BCUT2D eigenvalue weighted by atomic mass is 9.93. The van der Waals surface area contributed by atoms with Gasteiger partial charge in [0.25, 0.3) is 11.7 Å². The largest absolute Gasteiger partial charge is 0.507 e. The molecule has 1 unspecified atom stereocenters. The normalized spacial score (nSPS) is 18.4. The summed E-state index contributed by atoms with van der Waals surface area (Å²) < 4.78 is 5.71. The molecular formula is C30H31N3O4. The van der Waals surface area contributed by atoms with Crippen LogP contribution in [0.15, 0.2) is 72.4 Å². The van der Waals surface area contributed by atoms with E-state index >= 15 is 0 Å². The van der Waals surface area contributed by atoms with E-state index in [0.29, 0.717) is 17.9 Å². The van der Waals surface area contributed by atoms with Gasteiger partial charge in [0, 0.05) is 30.5 Å². The van der Waals surface area contributed by atoms with Crippen molar-refractivity contribution in [2.24, 2.45) is 0 Å². The molecule has 2 aliphatic heterocycles. The SMILES string of the molecule is CCN(CC)c1ccc(C2/C(=C(/O)c3ccc4c(c3)CCCO4)C(=O)C(=O)N2Cc2ccccn2)cc1. The van der Waals surface area contributed by atoms with Crippen LogP contribution in [0.4, 0.5) is 5.69 Å². The second kappa shape index (κ2) is 10.5. The van der Waals surface area contributed by atoms with Gasteiger partial charge in [-0.05, 0) is 80.3 Å². The molecular weight excluding hydrogens is 466 g/mol. The Hall–Kier alpha value is -4.13. The standard InChI is InChI=1S/C30H31N3O4/c1-3-32(4-2)24-13-10-20(11-14-24)27-26(28(34)22-12-15-25-21(18-22)8-7-17-37-25)29(35)30(36)33(27)19-23-9-5-6-16-31-23/h5-6,9-16,18,27,34H,3-4,7-8,17,19H2,1-2H3/b28-26-. The summed E-state index contributed by atoms with van der Waals surface area (Å²) in [5.74, 6) is -0.721. The molecule has 190 valence electrons. The Balaban J connectivity index is 1.61. The molecule has 0 saturated carbocycles. The molecule has 2 aromatic carbocycles. The van der Waals surface area contributed by atoms with Gasteiger partial charge in [-0.15, -0.1) is 0 Å². The number of aliphatic hydroxyl groups excluding tert-OH is 1. The number of carbonyl (C=O) groups is 2. The molecule has 37 heavy (non-hydrogen) atoms. The molecule has 1 aromatic heterocycles. The fourth-order valence-electron chi connectivity index (χ4n) is 5.18. The number of hydrogen-bond donors (Lipinski definition) is 1. The van der Waals surface area contributed by atoms with Crippen LogP contribution in [0.1, 0.15) is 48.7 Å². The fourth-order valence-corrected chi connectivity index (χ4v) is 5.18. The van der Waals surface area contributed by atoms with Crippen LogP contribution in [0.3, 0.4) is 0 Å². The van der Waals surface area contributed by atoms with Gasteiger partial charge in [0.1, 0.15) is 11.5 Å². The Bertz CT molecular complexity index is 1330. The zero-order valence-corrected chi connectivity index (χ0v) is 21.2. The highest BCUT2D eigenvalue weighted by molar-refractivity contribution is 6.46. The number of Topliss-reactive ketones (excluding diaryl/α,β-unsaturated/α-hetero) is 1. The van der Waals surface area contributed by atoms with Crippen molar-refractivity contribution in [2.75, 3.05) is 24.6 Å². The van der Waals surface area contributed by atoms with Crippen molar-refractivity contribution >= 4 is 23.1 Å². The monoisotopic (exact) mass is 497 g/mol. The van der Waals surface area contributed by atoms with E-state index in [9.17, 15) is 14.7 Å². The van der Waals surface area contributed by atoms with E-state index < -0.39 is 17.7 Å². The Labute approximate surface area is 217 Å². The predicted molar refractivity (Wildman–Crippen MR) is 142 cm³/mol. The topological polar surface area (TPSA) is 83.0 Å². The van der Waals surface area contributed by atoms with E-state index in [0.717, 1.165) is 48.5 Å². The average Bonchev–Trinajstić information content (AvgIpc) is 3.19. The first-order valence-corrected chi connectivity index (χ1v) is 12.8. The molecule has 0 aliphatic carbocycles. The van der Waals surface area contributed by atoms with Crippen LogP contribution in [0.5, 0.6) is 5.75 Å². The van der Waals surface area contributed by atoms with Crippen LogP contribution in [-0.4, -0.2) is 46.4 Å². The average molecular weight is 498 g/mol. The number of aryl methyl sites for hydroxylation is 1. The van der Waals surface area contributed by atoms with Crippen LogP contribution in [0, 0.1) is 0 Å². The quantitative estimate of drug-likeness (QED) is 0.285. The van der Waals surface area contributed by atoms with Crippen LogP contribution in [0.2, 0.25) is 0 Å². The van der Waals surface area contributed by atoms with Gasteiger partial charge in [-0.25, -0.2) is 0 Å². The maximum atomic E-state index is 13.4. The number of nitrogens with zero attached hydrogens (tertiary/aromatic N) is 3. The van der Waals surface area contributed by atoms with Crippen LogP contribution in [-0.2, 0) is 22.6 Å². The van der Waals surface area contributed by atoms with E-state index in [4.69, 9.17) is 4.74 Å². The van der Waals surface area contributed by atoms with Crippen molar-refractivity contribution in [3.05, 3.63) is 94.8 Å². The number of benzene rings is 2. The summed E-state index contributed by atoms with van der Waals surface area (Å²) in [6.45, 7) is 6.76. The minimum Gasteiger partial charge on any atom is -0.507 e. The van der Waals surface area contributed by atoms with Crippen molar-refractivity contribution < 1.29 is 19.4 Å². The molecule has 0 bridgehead atoms. The van der Waals surface area contributed by atoms with Gasteiger partial charge < -0.3 is 19.6 Å². The molecule has 1 atom stereocenters. The number of rotatable bonds is 7. The number of likely N-dealkylation sites (tertiary alicyclic amines) is 1. The van der Waals surface area contributed by atoms with Gasteiger partial charge in [0.05, 0.1) is 30.5 Å².